The van der Waals surface area contributed by atoms with Crippen LogP contribution in [0.5, 0.6) is 0 Å². The van der Waals surface area contributed by atoms with Crippen molar-refractivity contribution in [2.45, 2.75) is 50.2 Å². The second-order valence-electron chi connectivity index (χ2n) is 5.73. The van der Waals surface area contributed by atoms with E-state index in [0.717, 1.165) is 18.5 Å². The molecule has 104 valence electrons. The third-order valence-electron chi connectivity index (χ3n) is 4.53. The fourth-order valence-corrected chi connectivity index (χ4v) is 3.94. The molecule has 19 heavy (non-hydrogen) atoms. The number of halogens is 2. The van der Waals surface area contributed by atoms with Crippen LogP contribution in [0, 0.1) is 5.82 Å². The Labute approximate surface area is 118 Å². The van der Waals surface area contributed by atoms with E-state index in [1.54, 1.807) is 6.07 Å². The Morgan fingerprint density at radius 1 is 1.21 bits per heavy atom. The van der Waals surface area contributed by atoms with E-state index in [1.807, 2.05) is 13.1 Å². The first-order valence-electron chi connectivity index (χ1n) is 7.09. The van der Waals surface area contributed by atoms with Crippen LogP contribution in [0.25, 0.3) is 0 Å². The van der Waals surface area contributed by atoms with Gasteiger partial charge in [0.2, 0.25) is 0 Å². The van der Waals surface area contributed by atoms with Crippen LogP contribution in [0.3, 0.4) is 0 Å². The molecule has 0 aliphatic carbocycles. The van der Waals surface area contributed by atoms with Gasteiger partial charge < -0.3 is 10.2 Å². The highest BCUT2D eigenvalue weighted by atomic mass is 35.5. The zero-order chi connectivity index (χ0) is 13.4. The first-order valence-corrected chi connectivity index (χ1v) is 7.47. The summed E-state index contributed by atoms with van der Waals surface area (Å²) in [5.74, 6) is -0.240. The van der Waals surface area contributed by atoms with Gasteiger partial charge in [0.05, 0.1) is 0 Å². The summed E-state index contributed by atoms with van der Waals surface area (Å²) in [7, 11) is 2.04. The molecule has 3 rings (SSSR count). The van der Waals surface area contributed by atoms with Gasteiger partial charge in [-0.25, -0.2) is 4.39 Å². The summed E-state index contributed by atoms with van der Waals surface area (Å²) in [5, 5.41) is 3.89. The van der Waals surface area contributed by atoms with Crippen LogP contribution in [0.4, 0.5) is 10.1 Å². The van der Waals surface area contributed by atoms with E-state index < -0.39 is 0 Å². The number of nitrogens with zero attached hydrogens (tertiary/aromatic N) is 1. The number of hydrogen-bond donors (Lipinski definition) is 1. The molecule has 2 bridgehead atoms. The minimum absolute atomic E-state index is 0.240. The fraction of sp³-hybridized carbons (Fsp3) is 0.600. The molecule has 2 aliphatic rings. The maximum absolute atomic E-state index is 13.6. The minimum atomic E-state index is -0.240. The van der Waals surface area contributed by atoms with Gasteiger partial charge >= 0.3 is 0 Å². The number of anilines is 1. The van der Waals surface area contributed by atoms with Gasteiger partial charge in [-0.05, 0) is 57.4 Å². The first-order chi connectivity index (χ1) is 9.17. The topological polar surface area (TPSA) is 15.3 Å². The lowest BCUT2D eigenvalue weighted by Gasteiger charge is -2.50. The molecule has 2 atom stereocenters. The van der Waals surface area contributed by atoms with E-state index in [0.29, 0.717) is 23.1 Å². The minimum Gasteiger partial charge on any atom is -0.365 e. The number of hydrogen-bond acceptors (Lipinski definition) is 2. The summed E-state index contributed by atoms with van der Waals surface area (Å²) < 4.78 is 13.6. The predicted molar refractivity (Wildman–Crippen MR) is 77.4 cm³/mol. The Morgan fingerprint density at radius 2 is 1.89 bits per heavy atom. The van der Waals surface area contributed by atoms with Crippen LogP contribution in [-0.2, 0) is 0 Å². The molecule has 2 fully saturated rings. The highest BCUT2D eigenvalue weighted by molar-refractivity contribution is 6.30. The van der Waals surface area contributed by atoms with Gasteiger partial charge in [0, 0.05) is 28.8 Å². The van der Waals surface area contributed by atoms with Crippen LogP contribution in [0.15, 0.2) is 18.2 Å². The standard InChI is InChI=1S/C15H20ClFN2/c1-18-12-8-13-3-2-4-14(9-12)19(13)15-6-10(16)5-11(17)7-15/h5-7,12-14,18H,2-4,8-9H2,1H3. The van der Waals surface area contributed by atoms with E-state index in [9.17, 15) is 4.39 Å². The van der Waals surface area contributed by atoms with E-state index >= 15 is 0 Å². The highest BCUT2D eigenvalue weighted by Gasteiger charge is 2.37. The van der Waals surface area contributed by atoms with Gasteiger partial charge in [-0.1, -0.05) is 11.6 Å². The summed E-state index contributed by atoms with van der Waals surface area (Å²) in [6.07, 6.45) is 5.96. The van der Waals surface area contributed by atoms with Crippen molar-refractivity contribution in [2.24, 2.45) is 0 Å². The van der Waals surface area contributed by atoms with E-state index in [4.69, 9.17) is 11.6 Å². The smallest absolute Gasteiger partial charge is 0.126 e. The predicted octanol–water partition coefficient (Wildman–Crippen LogP) is 3.59. The lowest BCUT2D eigenvalue weighted by Crippen LogP contribution is -2.56. The van der Waals surface area contributed by atoms with Gasteiger partial charge in [-0.15, -0.1) is 0 Å². The second-order valence-corrected chi connectivity index (χ2v) is 6.17. The van der Waals surface area contributed by atoms with Crippen molar-refractivity contribution >= 4 is 17.3 Å². The molecule has 1 N–H and O–H groups in total. The molecule has 1 aromatic rings. The Balaban J connectivity index is 1.91. The number of benzene rings is 1. The van der Waals surface area contributed by atoms with Crippen molar-refractivity contribution in [3.63, 3.8) is 0 Å². The summed E-state index contributed by atoms with van der Waals surface area (Å²) in [6, 6.07) is 6.52. The Kier molecular flexibility index (Phi) is 3.68. The first kappa shape index (κ1) is 13.2. The molecule has 0 amide bonds. The van der Waals surface area contributed by atoms with Gasteiger partial charge in [0.15, 0.2) is 0 Å². The van der Waals surface area contributed by atoms with Crippen molar-refractivity contribution in [3.8, 4) is 0 Å². The molecule has 2 aliphatic heterocycles. The Hall–Kier alpha value is -0.800. The molecule has 4 heteroatoms. The number of nitrogens with one attached hydrogen (secondary N) is 1. The maximum atomic E-state index is 13.6. The van der Waals surface area contributed by atoms with Crippen LogP contribution in [0.2, 0.25) is 5.02 Å². The zero-order valence-corrected chi connectivity index (χ0v) is 12.0. The summed E-state index contributed by atoms with van der Waals surface area (Å²) >= 11 is 6.00. The maximum Gasteiger partial charge on any atom is 0.126 e. The lowest BCUT2D eigenvalue weighted by molar-refractivity contribution is 0.252. The largest absolute Gasteiger partial charge is 0.365 e. The van der Waals surface area contributed by atoms with Gasteiger partial charge in [0.25, 0.3) is 0 Å². The van der Waals surface area contributed by atoms with Crippen molar-refractivity contribution in [3.05, 3.63) is 29.0 Å². The second kappa shape index (κ2) is 5.29. The number of piperidine rings is 2. The van der Waals surface area contributed by atoms with Crippen LogP contribution < -0.4 is 10.2 Å². The van der Waals surface area contributed by atoms with Gasteiger partial charge in [-0.2, -0.15) is 0 Å². The van der Waals surface area contributed by atoms with Gasteiger partial charge in [0.1, 0.15) is 5.82 Å². The van der Waals surface area contributed by atoms with Crippen LogP contribution >= 0.6 is 11.6 Å². The Bertz CT molecular complexity index is 431. The Morgan fingerprint density at radius 3 is 2.47 bits per heavy atom. The molecule has 0 spiro atoms. The lowest BCUT2D eigenvalue weighted by atomic mass is 9.81. The van der Waals surface area contributed by atoms with Crippen LogP contribution in [-0.4, -0.2) is 25.2 Å². The van der Waals surface area contributed by atoms with E-state index in [-0.39, 0.29) is 5.82 Å². The quantitative estimate of drug-likeness (QED) is 0.892. The SMILES string of the molecule is CNC1CC2CCCC(C1)N2c1cc(F)cc(Cl)c1. The van der Waals surface area contributed by atoms with E-state index in [1.165, 1.54) is 25.3 Å². The van der Waals surface area contributed by atoms with Crippen LogP contribution in [0.1, 0.15) is 32.1 Å². The normalized spacial score (nSPS) is 30.5. The summed E-state index contributed by atoms with van der Waals surface area (Å²) in [4.78, 5) is 2.41. The third kappa shape index (κ3) is 2.59. The zero-order valence-electron chi connectivity index (χ0n) is 11.2. The number of rotatable bonds is 2. The molecule has 0 saturated carbocycles. The van der Waals surface area contributed by atoms with Crippen molar-refractivity contribution in [1.29, 1.82) is 0 Å². The molecule has 2 nitrogen and oxygen atoms in total. The molecular formula is C15H20ClFN2. The molecule has 2 heterocycles. The van der Waals surface area contributed by atoms with Gasteiger partial charge in [-0.3, -0.25) is 0 Å². The fourth-order valence-electron chi connectivity index (χ4n) is 3.73. The summed E-state index contributed by atoms with van der Waals surface area (Å²) in [6.45, 7) is 0. The monoisotopic (exact) mass is 282 g/mol. The molecule has 2 saturated heterocycles. The number of fused-ring (bicyclic) bond motifs is 2. The van der Waals surface area contributed by atoms with Crippen molar-refractivity contribution in [1.82, 2.24) is 5.32 Å². The molecule has 0 aromatic heterocycles. The average Bonchev–Trinajstić information content (AvgIpc) is 2.35. The van der Waals surface area contributed by atoms with Crippen molar-refractivity contribution < 1.29 is 4.39 Å². The summed E-state index contributed by atoms with van der Waals surface area (Å²) in [5.41, 5.74) is 0.953. The highest BCUT2D eigenvalue weighted by Crippen LogP contribution is 2.38. The van der Waals surface area contributed by atoms with Crippen molar-refractivity contribution in [2.75, 3.05) is 11.9 Å². The average molecular weight is 283 g/mol. The molecule has 1 aromatic carbocycles. The van der Waals surface area contributed by atoms with E-state index in [2.05, 4.69) is 10.2 Å². The molecule has 2 unspecified atom stereocenters. The molecule has 0 radical (unpaired) electrons. The molecular weight excluding hydrogens is 263 g/mol. The third-order valence-corrected chi connectivity index (χ3v) is 4.75.